The second-order valence-electron chi connectivity index (χ2n) is 6.61. The smallest absolute Gasteiger partial charge is 0.127 e. The Morgan fingerprint density at radius 2 is 2.00 bits per heavy atom. The molecule has 2 aliphatic rings. The van der Waals surface area contributed by atoms with E-state index in [-0.39, 0.29) is 6.61 Å². The summed E-state index contributed by atoms with van der Waals surface area (Å²) in [6.07, 6.45) is 8.27. The Morgan fingerprint density at radius 3 is 2.70 bits per heavy atom. The van der Waals surface area contributed by atoms with Crippen molar-refractivity contribution in [2.24, 2.45) is 11.8 Å². The molecule has 0 aliphatic heterocycles. The van der Waals surface area contributed by atoms with Crippen LogP contribution in [0.1, 0.15) is 49.8 Å². The van der Waals surface area contributed by atoms with Gasteiger partial charge in [-0.05, 0) is 51.4 Å². The van der Waals surface area contributed by atoms with Gasteiger partial charge in [0.2, 0.25) is 0 Å². The number of aliphatic hydroxyl groups is 1. The van der Waals surface area contributed by atoms with Crippen molar-refractivity contribution >= 4 is 5.82 Å². The van der Waals surface area contributed by atoms with E-state index in [9.17, 15) is 5.11 Å². The Balaban J connectivity index is 1.69. The highest BCUT2D eigenvalue weighted by molar-refractivity contribution is 5.47. The Kier molecular flexibility index (Phi) is 4.01. The van der Waals surface area contributed by atoms with Crippen LogP contribution in [0.15, 0.2) is 0 Å². The standard InChI is InChI=1S/C16H27N3O/c1-11-12(2)18-19(8-9-20)16(11)17-15-5-3-4-14(10-15)13-6-7-13/h13-15,17,20H,3-10H2,1-2H3. The van der Waals surface area contributed by atoms with Crippen molar-refractivity contribution in [3.05, 3.63) is 11.3 Å². The summed E-state index contributed by atoms with van der Waals surface area (Å²) in [6.45, 7) is 4.89. The van der Waals surface area contributed by atoms with E-state index in [0.717, 1.165) is 23.3 Å². The van der Waals surface area contributed by atoms with E-state index in [4.69, 9.17) is 0 Å². The van der Waals surface area contributed by atoms with E-state index in [0.29, 0.717) is 12.6 Å². The maximum Gasteiger partial charge on any atom is 0.127 e. The van der Waals surface area contributed by atoms with E-state index in [1.165, 1.54) is 44.1 Å². The summed E-state index contributed by atoms with van der Waals surface area (Å²) in [5.41, 5.74) is 2.29. The van der Waals surface area contributed by atoms with Crippen molar-refractivity contribution in [3.8, 4) is 0 Å². The molecule has 2 atom stereocenters. The third kappa shape index (κ3) is 2.85. The third-order valence-electron chi connectivity index (χ3n) is 5.08. The maximum absolute atomic E-state index is 9.18. The highest BCUT2D eigenvalue weighted by atomic mass is 16.3. The van der Waals surface area contributed by atoms with Crippen molar-refractivity contribution in [1.82, 2.24) is 9.78 Å². The van der Waals surface area contributed by atoms with Crippen LogP contribution in [0.4, 0.5) is 5.82 Å². The Labute approximate surface area is 121 Å². The fourth-order valence-electron chi connectivity index (χ4n) is 3.66. The van der Waals surface area contributed by atoms with Crippen molar-refractivity contribution in [2.45, 2.75) is 65.0 Å². The normalized spacial score (nSPS) is 26.8. The lowest BCUT2D eigenvalue weighted by molar-refractivity contribution is 0.269. The molecule has 0 aromatic carbocycles. The second-order valence-corrected chi connectivity index (χ2v) is 6.61. The summed E-state index contributed by atoms with van der Waals surface area (Å²) in [5.74, 6) is 3.08. The summed E-state index contributed by atoms with van der Waals surface area (Å²) in [5, 5.41) is 17.4. The fourth-order valence-corrected chi connectivity index (χ4v) is 3.66. The van der Waals surface area contributed by atoms with Gasteiger partial charge in [-0.15, -0.1) is 0 Å². The van der Waals surface area contributed by atoms with Gasteiger partial charge in [-0.2, -0.15) is 5.10 Å². The third-order valence-corrected chi connectivity index (χ3v) is 5.08. The highest BCUT2D eigenvalue weighted by Gasteiger charge is 2.35. The summed E-state index contributed by atoms with van der Waals surface area (Å²) < 4.78 is 1.94. The quantitative estimate of drug-likeness (QED) is 0.870. The van der Waals surface area contributed by atoms with Crippen LogP contribution in [0.5, 0.6) is 0 Å². The summed E-state index contributed by atoms with van der Waals surface area (Å²) in [7, 11) is 0. The number of aryl methyl sites for hydroxylation is 1. The first-order valence-electron chi connectivity index (χ1n) is 8.10. The minimum atomic E-state index is 0.143. The largest absolute Gasteiger partial charge is 0.394 e. The van der Waals surface area contributed by atoms with Gasteiger partial charge in [0.1, 0.15) is 5.82 Å². The molecular formula is C16H27N3O. The van der Waals surface area contributed by atoms with Gasteiger partial charge in [-0.3, -0.25) is 0 Å². The van der Waals surface area contributed by atoms with E-state index in [2.05, 4.69) is 17.3 Å². The Bertz CT molecular complexity index is 465. The minimum Gasteiger partial charge on any atom is -0.394 e. The number of rotatable bonds is 5. The number of nitrogens with zero attached hydrogens (tertiary/aromatic N) is 2. The van der Waals surface area contributed by atoms with Gasteiger partial charge in [0.25, 0.3) is 0 Å². The second kappa shape index (κ2) is 5.76. The van der Waals surface area contributed by atoms with Gasteiger partial charge in [0.15, 0.2) is 0 Å². The van der Waals surface area contributed by atoms with Crippen molar-refractivity contribution in [3.63, 3.8) is 0 Å². The van der Waals surface area contributed by atoms with E-state index >= 15 is 0 Å². The number of hydrogen-bond donors (Lipinski definition) is 2. The van der Waals surface area contributed by atoms with Gasteiger partial charge in [-0.25, -0.2) is 4.68 Å². The highest BCUT2D eigenvalue weighted by Crippen LogP contribution is 2.44. The van der Waals surface area contributed by atoms with Crippen LogP contribution >= 0.6 is 0 Å². The van der Waals surface area contributed by atoms with E-state index < -0.39 is 0 Å². The zero-order valence-electron chi connectivity index (χ0n) is 12.7. The Hall–Kier alpha value is -1.03. The number of anilines is 1. The molecule has 20 heavy (non-hydrogen) atoms. The molecule has 2 aliphatic carbocycles. The monoisotopic (exact) mass is 277 g/mol. The molecular weight excluding hydrogens is 250 g/mol. The average molecular weight is 277 g/mol. The Morgan fingerprint density at radius 1 is 1.20 bits per heavy atom. The summed E-state index contributed by atoms with van der Waals surface area (Å²) >= 11 is 0. The van der Waals surface area contributed by atoms with Gasteiger partial charge in [-0.1, -0.05) is 12.8 Å². The van der Waals surface area contributed by atoms with Crippen molar-refractivity contribution in [1.29, 1.82) is 0 Å². The zero-order chi connectivity index (χ0) is 14.1. The first-order valence-corrected chi connectivity index (χ1v) is 8.10. The van der Waals surface area contributed by atoms with Crippen LogP contribution in [0.25, 0.3) is 0 Å². The number of aromatic nitrogens is 2. The van der Waals surface area contributed by atoms with Gasteiger partial charge >= 0.3 is 0 Å². The van der Waals surface area contributed by atoms with Gasteiger partial charge < -0.3 is 10.4 Å². The summed E-state index contributed by atoms with van der Waals surface area (Å²) in [6, 6.07) is 0.585. The van der Waals surface area contributed by atoms with E-state index in [1.54, 1.807) is 0 Å². The lowest BCUT2D eigenvalue weighted by atomic mass is 9.82. The molecule has 0 saturated heterocycles. The molecule has 3 rings (SSSR count). The van der Waals surface area contributed by atoms with Crippen LogP contribution in [0.2, 0.25) is 0 Å². The molecule has 1 heterocycles. The van der Waals surface area contributed by atoms with Crippen LogP contribution in [-0.4, -0.2) is 27.5 Å². The van der Waals surface area contributed by atoms with Crippen LogP contribution < -0.4 is 5.32 Å². The first-order chi connectivity index (χ1) is 9.69. The van der Waals surface area contributed by atoms with Gasteiger partial charge in [0.05, 0.1) is 18.8 Å². The van der Waals surface area contributed by atoms with Crippen LogP contribution in [0.3, 0.4) is 0 Å². The molecule has 4 heteroatoms. The van der Waals surface area contributed by atoms with Gasteiger partial charge in [0, 0.05) is 11.6 Å². The van der Waals surface area contributed by atoms with Crippen LogP contribution in [0, 0.1) is 25.7 Å². The average Bonchev–Trinajstić information content (AvgIpc) is 3.25. The molecule has 2 unspecified atom stereocenters. The molecule has 112 valence electrons. The summed E-state index contributed by atoms with van der Waals surface area (Å²) in [4.78, 5) is 0. The number of hydrogen-bond acceptors (Lipinski definition) is 3. The lowest BCUT2D eigenvalue weighted by Crippen LogP contribution is -2.29. The molecule has 4 nitrogen and oxygen atoms in total. The zero-order valence-corrected chi connectivity index (χ0v) is 12.7. The molecule has 2 N–H and O–H groups in total. The predicted molar refractivity (Wildman–Crippen MR) is 80.9 cm³/mol. The SMILES string of the molecule is Cc1nn(CCO)c(NC2CCCC(C3CC3)C2)c1C. The molecule has 1 aromatic heterocycles. The van der Waals surface area contributed by atoms with Crippen LogP contribution in [-0.2, 0) is 6.54 Å². The first kappa shape index (κ1) is 13.9. The number of aliphatic hydroxyl groups excluding tert-OH is 1. The minimum absolute atomic E-state index is 0.143. The van der Waals surface area contributed by atoms with E-state index in [1.807, 2.05) is 11.6 Å². The molecule has 2 saturated carbocycles. The number of nitrogens with one attached hydrogen (secondary N) is 1. The molecule has 2 fully saturated rings. The molecule has 0 spiro atoms. The lowest BCUT2D eigenvalue weighted by Gasteiger charge is -2.30. The maximum atomic E-state index is 9.18. The molecule has 0 amide bonds. The van der Waals surface area contributed by atoms with Crippen molar-refractivity contribution in [2.75, 3.05) is 11.9 Å². The molecule has 1 aromatic rings. The fraction of sp³-hybridized carbons (Fsp3) is 0.812. The molecule has 0 bridgehead atoms. The van der Waals surface area contributed by atoms with Crippen molar-refractivity contribution < 1.29 is 5.11 Å². The molecule has 0 radical (unpaired) electrons. The topological polar surface area (TPSA) is 50.1 Å². The predicted octanol–water partition coefficient (Wildman–Crippen LogP) is 2.87.